The van der Waals surface area contributed by atoms with Crippen molar-refractivity contribution in [2.75, 3.05) is 39.4 Å². The van der Waals surface area contributed by atoms with Crippen molar-refractivity contribution in [2.24, 2.45) is 5.92 Å². The molecule has 2 unspecified atom stereocenters. The van der Waals surface area contributed by atoms with Crippen LogP contribution in [0.5, 0.6) is 0 Å². The molecule has 0 aliphatic carbocycles. The van der Waals surface area contributed by atoms with Gasteiger partial charge in [0.25, 0.3) is 11.8 Å². The highest BCUT2D eigenvalue weighted by atomic mass is 19.1. The lowest BCUT2D eigenvalue weighted by atomic mass is 9.95. The Morgan fingerprint density at radius 1 is 0.927 bits per heavy atom. The van der Waals surface area contributed by atoms with Crippen molar-refractivity contribution in [1.29, 1.82) is 0 Å². The number of hydrogen-bond acceptors (Lipinski definition) is 6. The van der Waals surface area contributed by atoms with Gasteiger partial charge < -0.3 is 19.3 Å². The van der Waals surface area contributed by atoms with Crippen molar-refractivity contribution in [3.8, 4) is 0 Å². The number of carbonyl (C=O) groups excluding carboxylic acids is 4. The number of carbonyl (C=O) groups is 4. The maximum Gasteiger partial charge on any atom is 0.310 e. The van der Waals surface area contributed by atoms with E-state index in [1.165, 1.54) is 47.4 Å². The van der Waals surface area contributed by atoms with Gasteiger partial charge in [-0.2, -0.15) is 0 Å². The van der Waals surface area contributed by atoms with Crippen LogP contribution in [0.1, 0.15) is 53.3 Å². The Labute approximate surface area is 237 Å². The summed E-state index contributed by atoms with van der Waals surface area (Å²) in [7, 11) is 0. The number of amides is 3. The molecule has 2 atom stereocenters. The van der Waals surface area contributed by atoms with E-state index >= 15 is 0 Å². The highest BCUT2D eigenvalue weighted by Gasteiger charge is 2.55. The molecule has 218 valence electrons. The van der Waals surface area contributed by atoms with E-state index in [0.29, 0.717) is 24.9 Å². The van der Waals surface area contributed by atoms with E-state index in [1.54, 1.807) is 16.7 Å². The van der Waals surface area contributed by atoms with Crippen molar-refractivity contribution in [3.05, 3.63) is 71.3 Å². The number of likely N-dealkylation sites (tertiary alicyclic amines) is 2. The SMILES string of the molecule is CCOC(=O)C1CCCN(C(=O)C2COC3(CCN(C(=O)c4ccc(F)cc4)CC3)N2C(=O)c2cccc(F)c2)C1. The first-order valence-electron chi connectivity index (χ1n) is 14.0. The average molecular weight is 570 g/mol. The third-order valence-corrected chi connectivity index (χ3v) is 8.11. The summed E-state index contributed by atoms with van der Waals surface area (Å²) in [5.74, 6) is -2.98. The van der Waals surface area contributed by atoms with E-state index in [-0.39, 0.29) is 69.0 Å². The van der Waals surface area contributed by atoms with Crippen molar-refractivity contribution < 1.29 is 37.4 Å². The van der Waals surface area contributed by atoms with Crippen LogP contribution in [0.4, 0.5) is 8.78 Å². The van der Waals surface area contributed by atoms with Crippen LogP contribution in [0.2, 0.25) is 0 Å². The summed E-state index contributed by atoms with van der Waals surface area (Å²) in [6.07, 6.45) is 1.69. The number of rotatable bonds is 5. The highest BCUT2D eigenvalue weighted by Crippen LogP contribution is 2.39. The molecule has 3 aliphatic rings. The standard InChI is InChI=1S/C30H33F2N3O6/c1-2-40-29(39)22-6-4-14-34(18-22)28(38)25-19-41-30(35(25)27(37)21-5-3-7-24(32)17-21)12-15-33(16-13-30)26(36)20-8-10-23(31)11-9-20/h3,5,7-11,17,22,25H,2,4,6,12-16,18-19H2,1H3. The Kier molecular flexibility index (Phi) is 8.35. The van der Waals surface area contributed by atoms with Crippen LogP contribution < -0.4 is 0 Å². The summed E-state index contributed by atoms with van der Waals surface area (Å²) in [6, 6.07) is 9.59. The second-order valence-corrected chi connectivity index (χ2v) is 10.6. The van der Waals surface area contributed by atoms with Gasteiger partial charge >= 0.3 is 5.97 Å². The molecular formula is C30H33F2N3O6. The van der Waals surface area contributed by atoms with Gasteiger partial charge in [-0.1, -0.05) is 6.07 Å². The smallest absolute Gasteiger partial charge is 0.310 e. The van der Waals surface area contributed by atoms with Gasteiger partial charge in [-0.15, -0.1) is 0 Å². The predicted molar refractivity (Wildman–Crippen MR) is 143 cm³/mol. The summed E-state index contributed by atoms with van der Waals surface area (Å²) in [4.78, 5) is 57.8. The lowest BCUT2D eigenvalue weighted by Gasteiger charge is -2.45. The summed E-state index contributed by atoms with van der Waals surface area (Å²) >= 11 is 0. The number of ether oxygens (including phenoxy) is 2. The Balaban J connectivity index is 1.38. The first kappa shape index (κ1) is 28.7. The van der Waals surface area contributed by atoms with Crippen LogP contribution in [0.15, 0.2) is 48.5 Å². The molecule has 0 saturated carbocycles. The topological polar surface area (TPSA) is 96.5 Å². The van der Waals surface area contributed by atoms with Gasteiger partial charge in [0, 0.05) is 50.1 Å². The average Bonchev–Trinajstić information content (AvgIpc) is 3.35. The largest absolute Gasteiger partial charge is 0.466 e. The quantitative estimate of drug-likeness (QED) is 0.513. The minimum Gasteiger partial charge on any atom is -0.466 e. The van der Waals surface area contributed by atoms with E-state index < -0.39 is 35.2 Å². The van der Waals surface area contributed by atoms with Gasteiger partial charge in [0.05, 0.1) is 19.1 Å². The maximum absolute atomic E-state index is 14.1. The number of hydrogen-bond donors (Lipinski definition) is 0. The van der Waals surface area contributed by atoms with Crippen molar-refractivity contribution >= 4 is 23.7 Å². The fourth-order valence-electron chi connectivity index (χ4n) is 5.99. The molecule has 3 fully saturated rings. The molecule has 1 spiro atoms. The molecule has 11 heteroatoms. The molecule has 0 aromatic heterocycles. The third kappa shape index (κ3) is 5.81. The van der Waals surface area contributed by atoms with E-state index in [4.69, 9.17) is 9.47 Å². The summed E-state index contributed by atoms with van der Waals surface area (Å²) in [6.45, 7) is 3.00. The number of nitrogens with zero attached hydrogens (tertiary/aromatic N) is 3. The monoisotopic (exact) mass is 569 g/mol. The molecule has 0 bridgehead atoms. The second kappa shape index (κ2) is 11.9. The number of piperidine rings is 2. The Bertz CT molecular complexity index is 1310. The van der Waals surface area contributed by atoms with Crippen LogP contribution in [-0.2, 0) is 19.1 Å². The van der Waals surface area contributed by atoms with Crippen molar-refractivity contribution in [1.82, 2.24) is 14.7 Å². The van der Waals surface area contributed by atoms with Crippen LogP contribution in [0, 0.1) is 17.6 Å². The van der Waals surface area contributed by atoms with Crippen molar-refractivity contribution in [2.45, 2.75) is 44.4 Å². The molecule has 9 nitrogen and oxygen atoms in total. The highest BCUT2D eigenvalue weighted by molar-refractivity contribution is 5.99. The fourth-order valence-corrected chi connectivity index (χ4v) is 5.99. The van der Waals surface area contributed by atoms with E-state index in [1.807, 2.05) is 0 Å². The van der Waals surface area contributed by atoms with Gasteiger partial charge in [-0.05, 0) is 62.2 Å². The zero-order chi connectivity index (χ0) is 29.1. The van der Waals surface area contributed by atoms with E-state index in [0.717, 1.165) is 6.07 Å². The third-order valence-electron chi connectivity index (χ3n) is 8.11. The van der Waals surface area contributed by atoms with E-state index in [2.05, 4.69) is 0 Å². The first-order chi connectivity index (χ1) is 19.7. The molecule has 5 rings (SSSR count). The molecule has 2 aromatic rings. The molecular weight excluding hydrogens is 536 g/mol. The number of benzene rings is 2. The zero-order valence-corrected chi connectivity index (χ0v) is 22.9. The van der Waals surface area contributed by atoms with Gasteiger partial charge in [-0.25, -0.2) is 8.78 Å². The summed E-state index contributed by atoms with van der Waals surface area (Å²) in [5.41, 5.74) is -0.753. The van der Waals surface area contributed by atoms with Crippen LogP contribution in [0.25, 0.3) is 0 Å². The molecule has 3 saturated heterocycles. The van der Waals surface area contributed by atoms with Crippen LogP contribution >= 0.6 is 0 Å². The lowest BCUT2D eigenvalue weighted by molar-refractivity contribution is -0.152. The van der Waals surface area contributed by atoms with Gasteiger partial charge in [0.2, 0.25) is 5.91 Å². The molecule has 3 heterocycles. The minimum absolute atomic E-state index is 0.0631. The normalized spacial score (nSPS) is 22.1. The first-order valence-corrected chi connectivity index (χ1v) is 14.0. The molecule has 3 amide bonds. The minimum atomic E-state index is -1.18. The predicted octanol–water partition coefficient (Wildman–Crippen LogP) is 3.24. The summed E-state index contributed by atoms with van der Waals surface area (Å²) < 4.78 is 38.9. The maximum atomic E-state index is 14.1. The van der Waals surface area contributed by atoms with Gasteiger partial charge in [-0.3, -0.25) is 24.1 Å². The Morgan fingerprint density at radius 2 is 1.66 bits per heavy atom. The molecule has 41 heavy (non-hydrogen) atoms. The second-order valence-electron chi connectivity index (χ2n) is 10.6. The van der Waals surface area contributed by atoms with Crippen molar-refractivity contribution in [3.63, 3.8) is 0 Å². The number of halogens is 2. The molecule has 2 aromatic carbocycles. The van der Waals surface area contributed by atoms with Gasteiger partial charge in [0.15, 0.2) is 0 Å². The fraction of sp³-hybridized carbons (Fsp3) is 0.467. The molecule has 0 radical (unpaired) electrons. The van der Waals surface area contributed by atoms with E-state index in [9.17, 15) is 28.0 Å². The molecule has 0 N–H and O–H groups in total. The van der Waals surface area contributed by atoms with Crippen LogP contribution in [-0.4, -0.2) is 89.6 Å². The molecule has 3 aliphatic heterocycles. The Hall–Kier alpha value is -3.86. The van der Waals surface area contributed by atoms with Gasteiger partial charge in [0.1, 0.15) is 23.4 Å². The Morgan fingerprint density at radius 3 is 2.34 bits per heavy atom. The van der Waals surface area contributed by atoms with Crippen LogP contribution in [0.3, 0.4) is 0 Å². The zero-order valence-electron chi connectivity index (χ0n) is 22.9. The number of esters is 1. The lowest BCUT2D eigenvalue weighted by Crippen LogP contribution is -2.60. The summed E-state index contributed by atoms with van der Waals surface area (Å²) in [5, 5.41) is 0.